The zero-order valence-corrected chi connectivity index (χ0v) is 16.9. The van der Waals surface area contributed by atoms with Gasteiger partial charge in [0, 0.05) is 18.5 Å². The number of hydrogen-bond acceptors (Lipinski definition) is 4. The number of carboxylic acids is 1. The highest BCUT2D eigenvalue weighted by Gasteiger charge is 2.21. The summed E-state index contributed by atoms with van der Waals surface area (Å²) >= 11 is 0. The molecule has 0 fully saturated rings. The second kappa shape index (κ2) is 9.13. The molecule has 0 radical (unpaired) electrons. The minimum absolute atomic E-state index is 0.0307. The van der Waals surface area contributed by atoms with Gasteiger partial charge in [0.25, 0.3) is 11.5 Å². The van der Waals surface area contributed by atoms with Gasteiger partial charge in [-0.3, -0.25) is 24.5 Å². The largest absolute Gasteiger partial charge is 0.481 e. The second-order valence-corrected chi connectivity index (χ2v) is 7.16. The summed E-state index contributed by atoms with van der Waals surface area (Å²) in [4.78, 5) is 40.4. The van der Waals surface area contributed by atoms with E-state index in [4.69, 9.17) is 0 Å². The monoisotopic (exact) mass is 428 g/mol. The Morgan fingerprint density at radius 1 is 0.969 bits per heavy atom. The molecule has 2 heterocycles. The third kappa shape index (κ3) is 4.65. The number of aromatic nitrogens is 3. The first-order valence-corrected chi connectivity index (χ1v) is 9.92. The molecule has 4 rings (SSSR count). The number of carboxylic acid groups (broad SMARTS) is 1. The van der Waals surface area contributed by atoms with Gasteiger partial charge in [-0.2, -0.15) is 0 Å². The summed E-state index contributed by atoms with van der Waals surface area (Å²) in [6.45, 7) is 0. The van der Waals surface area contributed by atoms with Crippen molar-refractivity contribution in [2.75, 3.05) is 0 Å². The van der Waals surface area contributed by atoms with Gasteiger partial charge in [0.2, 0.25) is 0 Å². The SMILES string of the molecule is O=C(O)CC(NC(=O)c1cc(=O)n(-c2ccncc2)[nH]1)c1ccc(-c2ccccc2)cc1. The first kappa shape index (κ1) is 20.8. The van der Waals surface area contributed by atoms with Crippen molar-refractivity contribution in [3.05, 3.63) is 107 Å². The van der Waals surface area contributed by atoms with Crippen molar-refractivity contribution in [2.45, 2.75) is 12.5 Å². The van der Waals surface area contributed by atoms with E-state index in [1.807, 2.05) is 42.5 Å². The van der Waals surface area contributed by atoms with E-state index in [0.29, 0.717) is 11.3 Å². The van der Waals surface area contributed by atoms with Crippen LogP contribution in [0, 0.1) is 0 Å². The number of rotatable bonds is 7. The van der Waals surface area contributed by atoms with Crippen molar-refractivity contribution >= 4 is 11.9 Å². The molecule has 1 atom stereocenters. The summed E-state index contributed by atoms with van der Waals surface area (Å²) < 4.78 is 1.22. The minimum atomic E-state index is -1.05. The normalized spacial score (nSPS) is 11.6. The highest BCUT2D eigenvalue weighted by Crippen LogP contribution is 2.23. The lowest BCUT2D eigenvalue weighted by molar-refractivity contribution is -0.137. The number of hydrogen-bond donors (Lipinski definition) is 3. The van der Waals surface area contributed by atoms with Gasteiger partial charge in [0.15, 0.2) is 0 Å². The first-order chi connectivity index (χ1) is 15.5. The topological polar surface area (TPSA) is 117 Å². The van der Waals surface area contributed by atoms with E-state index < -0.39 is 23.5 Å². The van der Waals surface area contributed by atoms with Crippen molar-refractivity contribution in [3.63, 3.8) is 0 Å². The van der Waals surface area contributed by atoms with Crippen LogP contribution in [0.15, 0.2) is 90.0 Å². The van der Waals surface area contributed by atoms with Crippen LogP contribution in [-0.4, -0.2) is 31.7 Å². The van der Waals surface area contributed by atoms with Crippen LogP contribution in [0.2, 0.25) is 0 Å². The summed E-state index contributed by atoms with van der Waals surface area (Å²) in [5.41, 5.74) is 2.81. The van der Waals surface area contributed by atoms with Gasteiger partial charge in [-0.05, 0) is 28.8 Å². The van der Waals surface area contributed by atoms with Gasteiger partial charge in [-0.15, -0.1) is 0 Å². The van der Waals surface area contributed by atoms with E-state index >= 15 is 0 Å². The summed E-state index contributed by atoms with van der Waals surface area (Å²) in [5.74, 6) is -1.63. The third-order valence-corrected chi connectivity index (χ3v) is 4.99. The number of H-pyrrole nitrogens is 1. The predicted molar refractivity (Wildman–Crippen MR) is 119 cm³/mol. The molecule has 8 nitrogen and oxygen atoms in total. The Morgan fingerprint density at radius 2 is 1.62 bits per heavy atom. The van der Waals surface area contributed by atoms with E-state index in [1.165, 1.54) is 23.1 Å². The molecule has 1 unspecified atom stereocenters. The van der Waals surface area contributed by atoms with Crippen LogP contribution < -0.4 is 10.9 Å². The Hall–Kier alpha value is -4.46. The van der Waals surface area contributed by atoms with Crippen LogP contribution in [0.25, 0.3) is 16.8 Å². The number of nitrogens with zero attached hydrogens (tertiary/aromatic N) is 2. The Bertz CT molecular complexity index is 1280. The molecule has 0 aliphatic rings. The van der Waals surface area contributed by atoms with E-state index in [9.17, 15) is 19.5 Å². The third-order valence-electron chi connectivity index (χ3n) is 4.99. The minimum Gasteiger partial charge on any atom is -0.481 e. The number of pyridine rings is 1. The summed E-state index contributed by atoms with van der Waals surface area (Å²) in [5, 5.41) is 14.8. The van der Waals surface area contributed by atoms with Crippen LogP contribution in [-0.2, 0) is 4.79 Å². The Balaban J connectivity index is 1.56. The highest BCUT2D eigenvalue weighted by molar-refractivity contribution is 5.92. The Kier molecular flexibility index (Phi) is 5.94. The number of aromatic amines is 1. The molecule has 0 aliphatic heterocycles. The highest BCUT2D eigenvalue weighted by atomic mass is 16.4. The fraction of sp³-hybridized carbons (Fsp3) is 0.0833. The van der Waals surface area contributed by atoms with Crippen LogP contribution in [0.3, 0.4) is 0 Å². The molecule has 1 amide bonds. The maximum Gasteiger partial charge on any atom is 0.305 e. The zero-order chi connectivity index (χ0) is 22.5. The van der Waals surface area contributed by atoms with E-state index in [-0.39, 0.29) is 12.1 Å². The number of benzene rings is 2. The molecular formula is C24H20N4O4. The summed E-state index contributed by atoms with van der Waals surface area (Å²) in [6.07, 6.45) is 2.76. The maximum absolute atomic E-state index is 12.8. The van der Waals surface area contributed by atoms with Crippen molar-refractivity contribution in [1.29, 1.82) is 0 Å². The molecule has 2 aromatic carbocycles. The Morgan fingerprint density at radius 3 is 2.28 bits per heavy atom. The molecule has 3 N–H and O–H groups in total. The van der Waals surface area contributed by atoms with Gasteiger partial charge in [-0.25, -0.2) is 4.68 Å². The van der Waals surface area contributed by atoms with E-state index in [1.54, 1.807) is 24.3 Å². The quantitative estimate of drug-likeness (QED) is 0.418. The van der Waals surface area contributed by atoms with Crippen LogP contribution in [0.1, 0.15) is 28.5 Å². The molecule has 32 heavy (non-hydrogen) atoms. The molecular weight excluding hydrogens is 408 g/mol. The number of amides is 1. The average molecular weight is 428 g/mol. The van der Waals surface area contributed by atoms with Gasteiger partial charge < -0.3 is 10.4 Å². The standard InChI is InChI=1S/C24H20N4O4/c29-22-14-21(27-28(22)19-10-12-25-13-11-19)24(32)26-20(15-23(30)31)18-8-6-17(7-9-18)16-4-2-1-3-5-16/h1-14,20,27H,15H2,(H,26,32)(H,30,31). The molecule has 4 aromatic rings. The van der Waals surface area contributed by atoms with Crippen molar-refractivity contribution in [1.82, 2.24) is 20.1 Å². The van der Waals surface area contributed by atoms with Crippen molar-refractivity contribution in [3.8, 4) is 16.8 Å². The van der Waals surface area contributed by atoms with Crippen molar-refractivity contribution < 1.29 is 14.7 Å². The number of carbonyl (C=O) groups is 2. The summed E-state index contributed by atoms with van der Waals surface area (Å²) in [6, 6.07) is 20.8. The summed E-state index contributed by atoms with van der Waals surface area (Å²) in [7, 11) is 0. The van der Waals surface area contributed by atoms with E-state index in [2.05, 4.69) is 15.4 Å². The van der Waals surface area contributed by atoms with Gasteiger partial charge >= 0.3 is 5.97 Å². The number of carbonyl (C=O) groups excluding carboxylic acids is 1. The lowest BCUT2D eigenvalue weighted by Gasteiger charge is -2.17. The molecule has 0 saturated heterocycles. The molecule has 0 bridgehead atoms. The first-order valence-electron chi connectivity index (χ1n) is 9.92. The fourth-order valence-electron chi connectivity index (χ4n) is 3.40. The van der Waals surface area contributed by atoms with Crippen LogP contribution >= 0.6 is 0 Å². The molecule has 0 saturated carbocycles. The fourth-order valence-corrected chi connectivity index (χ4v) is 3.40. The Labute approximate surface area is 183 Å². The average Bonchev–Trinajstić information content (AvgIpc) is 3.21. The number of aliphatic carboxylic acids is 1. The molecule has 8 heteroatoms. The molecule has 0 aliphatic carbocycles. The molecule has 0 spiro atoms. The van der Waals surface area contributed by atoms with Gasteiger partial charge in [0.1, 0.15) is 5.69 Å². The lowest BCUT2D eigenvalue weighted by Crippen LogP contribution is -2.30. The lowest BCUT2D eigenvalue weighted by atomic mass is 9.99. The molecule has 2 aromatic heterocycles. The number of nitrogens with one attached hydrogen (secondary N) is 2. The van der Waals surface area contributed by atoms with Crippen molar-refractivity contribution in [2.24, 2.45) is 0 Å². The van der Waals surface area contributed by atoms with Gasteiger partial charge in [0.05, 0.1) is 18.2 Å². The van der Waals surface area contributed by atoms with Crippen LogP contribution in [0.4, 0.5) is 0 Å². The van der Waals surface area contributed by atoms with Crippen LogP contribution in [0.5, 0.6) is 0 Å². The predicted octanol–water partition coefficient (Wildman–Crippen LogP) is 3.17. The van der Waals surface area contributed by atoms with Gasteiger partial charge in [-0.1, -0.05) is 54.6 Å². The zero-order valence-electron chi connectivity index (χ0n) is 16.9. The molecule has 160 valence electrons. The van der Waals surface area contributed by atoms with E-state index in [0.717, 1.165) is 11.1 Å². The second-order valence-electron chi connectivity index (χ2n) is 7.16. The smallest absolute Gasteiger partial charge is 0.305 e. The maximum atomic E-state index is 12.8.